The number of piperidine rings is 1. The van der Waals surface area contributed by atoms with Gasteiger partial charge in [-0.15, -0.1) is 0 Å². The molecule has 2 heteroatoms. The second-order valence-corrected chi connectivity index (χ2v) is 5.01. The number of rotatable bonds is 2. The normalized spacial score (nSPS) is 31.9. The van der Waals surface area contributed by atoms with Crippen molar-refractivity contribution >= 4 is 0 Å². The van der Waals surface area contributed by atoms with E-state index >= 15 is 0 Å². The highest BCUT2D eigenvalue weighted by Gasteiger charge is 2.34. The molecule has 78 valence electrons. The summed E-state index contributed by atoms with van der Waals surface area (Å²) in [5, 5.41) is 9.23. The molecule has 2 rings (SSSR count). The van der Waals surface area contributed by atoms with E-state index in [0.29, 0.717) is 11.8 Å². The zero-order valence-corrected chi connectivity index (χ0v) is 9.08. The minimum atomic E-state index is 0.353. The fourth-order valence-corrected chi connectivity index (χ4v) is 2.89. The Hall–Kier alpha value is -0.550. The first kappa shape index (κ1) is 9.98. The van der Waals surface area contributed by atoms with Crippen LogP contribution in [0, 0.1) is 29.1 Å². The summed E-state index contributed by atoms with van der Waals surface area (Å²) in [5.41, 5.74) is 0. The molecule has 0 radical (unpaired) electrons. The Bertz CT molecular complexity index is 227. The first-order valence-corrected chi connectivity index (χ1v) is 5.89. The average Bonchev–Trinajstić information content (AvgIpc) is 2.10. The molecule has 0 spiro atoms. The van der Waals surface area contributed by atoms with Gasteiger partial charge in [-0.3, -0.25) is 0 Å². The monoisotopic (exact) mass is 192 g/mol. The Kier molecular flexibility index (Phi) is 3.08. The molecule has 2 fully saturated rings. The molecule has 1 aliphatic carbocycles. The van der Waals surface area contributed by atoms with Crippen molar-refractivity contribution in [1.82, 2.24) is 4.90 Å². The van der Waals surface area contributed by atoms with E-state index in [-0.39, 0.29) is 0 Å². The predicted octanol–water partition coefficient (Wildman–Crippen LogP) is 2.27. The molecule has 0 N–H and O–H groups in total. The van der Waals surface area contributed by atoms with Crippen LogP contribution in [0.4, 0.5) is 0 Å². The molecule has 2 nitrogen and oxygen atoms in total. The Balaban J connectivity index is 1.93. The number of likely N-dealkylation sites (tertiary alicyclic amines) is 1. The molecule has 2 aliphatic rings. The maximum absolute atomic E-state index is 9.23. The van der Waals surface area contributed by atoms with Crippen LogP contribution in [0.1, 0.15) is 32.1 Å². The van der Waals surface area contributed by atoms with Crippen molar-refractivity contribution in [2.24, 2.45) is 17.8 Å². The minimum absolute atomic E-state index is 0.353. The first-order chi connectivity index (χ1) is 6.81. The van der Waals surface area contributed by atoms with Crippen molar-refractivity contribution in [1.29, 1.82) is 5.26 Å². The van der Waals surface area contributed by atoms with E-state index in [1.165, 1.54) is 38.6 Å². The van der Waals surface area contributed by atoms with Crippen LogP contribution in [0.2, 0.25) is 0 Å². The van der Waals surface area contributed by atoms with Crippen molar-refractivity contribution < 1.29 is 0 Å². The van der Waals surface area contributed by atoms with Gasteiger partial charge in [0.15, 0.2) is 0 Å². The standard InChI is InChI=1S/C12H20N2/c1-14-7-3-6-11(9-14)12(8-13)10-4-2-5-10/h10-12H,2-7,9H2,1H3. The third-order valence-electron chi connectivity index (χ3n) is 3.98. The molecule has 2 unspecified atom stereocenters. The highest BCUT2D eigenvalue weighted by Crippen LogP contribution is 2.39. The van der Waals surface area contributed by atoms with Gasteiger partial charge in [-0.25, -0.2) is 0 Å². The lowest BCUT2D eigenvalue weighted by atomic mass is 9.69. The fraction of sp³-hybridized carbons (Fsp3) is 0.917. The largest absolute Gasteiger partial charge is 0.306 e. The van der Waals surface area contributed by atoms with E-state index in [1.807, 2.05) is 0 Å². The summed E-state index contributed by atoms with van der Waals surface area (Å²) in [6.07, 6.45) is 6.52. The van der Waals surface area contributed by atoms with Gasteiger partial charge in [0.2, 0.25) is 0 Å². The quantitative estimate of drug-likeness (QED) is 0.671. The summed E-state index contributed by atoms with van der Waals surface area (Å²) >= 11 is 0. The minimum Gasteiger partial charge on any atom is -0.306 e. The molecule has 2 atom stereocenters. The maximum atomic E-state index is 9.23. The number of hydrogen-bond acceptors (Lipinski definition) is 2. The number of hydrogen-bond donors (Lipinski definition) is 0. The van der Waals surface area contributed by atoms with E-state index in [2.05, 4.69) is 18.0 Å². The fourth-order valence-electron chi connectivity index (χ4n) is 2.89. The Morgan fingerprint density at radius 1 is 1.21 bits per heavy atom. The molecule has 0 amide bonds. The van der Waals surface area contributed by atoms with E-state index in [1.54, 1.807) is 0 Å². The van der Waals surface area contributed by atoms with Crippen molar-refractivity contribution in [3.8, 4) is 6.07 Å². The van der Waals surface area contributed by atoms with Crippen LogP contribution in [0.15, 0.2) is 0 Å². The van der Waals surface area contributed by atoms with Crippen LogP contribution in [0.5, 0.6) is 0 Å². The van der Waals surface area contributed by atoms with Gasteiger partial charge in [-0.05, 0) is 51.1 Å². The van der Waals surface area contributed by atoms with Gasteiger partial charge in [-0.2, -0.15) is 5.26 Å². The van der Waals surface area contributed by atoms with Crippen LogP contribution in [-0.4, -0.2) is 25.0 Å². The van der Waals surface area contributed by atoms with E-state index < -0.39 is 0 Å². The van der Waals surface area contributed by atoms with Crippen LogP contribution in [0.25, 0.3) is 0 Å². The zero-order chi connectivity index (χ0) is 9.97. The molecule has 0 aromatic heterocycles. The van der Waals surface area contributed by atoms with E-state index in [9.17, 15) is 5.26 Å². The second-order valence-electron chi connectivity index (χ2n) is 5.01. The third kappa shape index (κ3) is 1.93. The summed E-state index contributed by atoms with van der Waals surface area (Å²) < 4.78 is 0. The summed E-state index contributed by atoms with van der Waals surface area (Å²) in [7, 11) is 2.18. The van der Waals surface area contributed by atoms with Crippen LogP contribution in [-0.2, 0) is 0 Å². The summed E-state index contributed by atoms with van der Waals surface area (Å²) in [5.74, 6) is 1.74. The highest BCUT2D eigenvalue weighted by molar-refractivity contribution is 4.97. The van der Waals surface area contributed by atoms with Crippen molar-refractivity contribution in [2.75, 3.05) is 20.1 Å². The van der Waals surface area contributed by atoms with Crippen molar-refractivity contribution in [3.05, 3.63) is 0 Å². The Morgan fingerprint density at radius 3 is 2.43 bits per heavy atom. The molecular formula is C12H20N2. The van der Waals surface area contributed by atoms with Gasteiger partial charge in [0.1, 0.15) is 0 Å². The lowest BCUT2D eigenvalue weighted by molar-refractivity contribution is 0.118. The Labute approximate surface area is 86.9 Å². The van der Waals surface area contributed by atoms with Crippen molar-refractivity contribution in [3.63, 3.8) is 0 Å². The molecule has 1 saturated heterocycles. The Morgan fingerprint density at radius 2 is 1.93 bits per heavy atom. The van der Waals surface area contributed by atoms with Gasteiger partial charge < -0.3 is 4.90 Å². The molecule has 0 bridgehead atoms. The smallest absolute Gasteiger partial charge is 0.0662 e. The zero-order valence-electron chi connectivity index (χ0n) is 9.08. The van der Waals surface area contributed by atoms with Crippen molar-refractivity contribution in [2.45, 2.75) is 32.1 Å². The second kappa shape index (κ2) is 4.31. The van der Waals surface area contributed by atoms with E-state index in [4.69, 9.17) is 0 Å². The van der Waals surface area contributed by atoms with Crippen LogP contribution in [0.3, 0.4) is 0 Å². The molecule has 1 heterocycles. The van der Waals surface area contributed by atoms with Crippen LogP contribution < -0.4 is 0 Å². The molecule has 0 aromatic rings. The lowest BCUT2D eigenvalue weighted by Gasteiger charge is -2.38. The number of nitrogens with zero attached hydrogens (tertiary/aromatic N) is 2. The molecule has 0 aromatic carbocycles. The summed E-state index contributed by atoms with van der Waals surface area (Å²) in [6.45, 7) is 2.37. The van der Waals surface area contributed by atoms with Gasteiger partial charge in [0.05, 0.1) is 12.0 Å². The predicted molar refractivity (Wildman–Crippen MR) is 56.7 cm³/mol. The molecule has 14 heavy (non-hydrogen) atoms. The topological polar surface area (TPSA) is 27.0 Å². The van der Waals surface area contributed by atoms with Gasteiger partial charge >= 0.3 is 0 Å². The summed E-state index contributed by atoms with van der Waals surface area (Å²) in [6, 6.07) is 2.57. The number of nitriles is 1. The van der Waals surface area contributed by atoms with Gasteiger partial charge in [-0.1, -0.05) is 6.42 Å². The first-order valence-electron chi connectivity index (χ1n) is 5.89. The lowest BCUT2D eigenvalue weighted by Crippen LogP contribution is -2.39. The van der Waals surface area contributed by atoms with Crippen LogP contribution >= 0.6 is 0 Å². The van der Waals surface area contributed by atoms with Gasteiger partial charge in [0.25, 0.3) is 0 Å². The third-order valence-corrected chi connectivity index (χ3v) is 3.98. The van der Waals surface area contributed by atoms with Gasteiger partial charge in [0, 0.05) is 6.54 Å². The summed E-state index contributed by atoms with van der Waals surface area (Å²) in [4.78, 5) is 2.39. The SMILES string of the molecule is CN1CCCC(C(C#N)C2CCC2)C1. The maximum Gasteiger partial charge on any atom is 0.0662 e. The van der Waals surface area contributed by atoms with E-state index in [0.717, 1.165) is 12.5 Å². The highest BCUT2D eigenvalue weighted by atomic mass is 15.1. The average molecular weight is 192 g/mol. The molecule has 1 saturated carbocycles. The molecule has 1 aliphatic heterocycles. The molecular weight excluding hydrogens is 172 g/mol.